The molecule has 1 aliphatic rings. The Bertz CT molecular complexity index is 414. The van der Waals surface area contributed by atoms with Crippen LogP contribution in [0.1, 0.15) is 31.9 Å². The Morgan fingerprint density at radius 1 is 1.47 bits per heavy atom. The van der Waals surface area contributed by atoms with Crippen LogP contribution in [0.15, 0.2) is 0 Å². The zero-order chi connectivity index (χ0) is 13.8. The normalized spacial score (nSPS) is 19.9. The minimum Gasteiger partial charge on any atom is -0.394 e. The fourth-order valence-corrected chi connectivity index (χ4v) is 3.01. The van der Waals surface area contributed by atoms with Crippen molar-refractivity contribution in [1.82, 2.24) is 9.78 Å². The molecule has 5 nitrogen and oxygen atoms in total. The first-order valence-electron chi connectivity index (χ1n) is 7.22. The number of aromatic nitrogens is 2. The first kappa shape index (κ1) is 14.2. The maximum atomic E-state index is 6.28. The molecule has 2 heterocycles. The van der Waals surface area contributed by atoms with E-state index in [1.807, 2.05) is 11.7 Å². The van der Waals surface area contributed by atoms with E-state index in [9.17, 15) is 0 Å². The third kappa shape index (κ3) is 3.03. The van der Waals surface area contributed by atoms with E-state index < -0.39 is 0 Å². The molecule has 1 unspecified atom stereocenters. The van der Waals surface area contributed by atoms with E-state index in [0.29, 0.717) is 5.92 Å². The molecule has 0 saturated carbocycles. The number of hydrogen-bond donors (Lipinski definition) is 1. The first-order valence-corrected chi connectivity index (χ1v) is 7.22. The summed E-state index contributed by atoms with van der Waals surface area (Å²) in [5.41, 5.74) is 8.18. The fraction of sp³-hybridized carbons (Fsp3) is 0.786. The van der Waals surface area contributed by atoms with Crippen molar-refractivity contribution in [2.75, 3.05) is 37.4 Å². The average Bonchev–Trinajstić information content (AvgIpc) is 2.66. The fourth-order valence-electron chi connectivity index (χ4n) is 3.01. The largest absolute Gasteiger partial charge is 0.394 e. The van der Waals surface area contributed by atoms with Gasteiger partial charge in [-0.25, -0.2) is 0 Å². The second kappa shape index (κ2) is 6.28. The molecule has 0 aromatic carbocycles. The Kier molecular flexibility index (Phi) is 4.69. The van der Waals surface area contributed by atoms with E-state index in [4.69, 9.17) is 10.5 Å². The number of methoxy groups -OCH3 is 1. The van der Waals surface area contributed by atoms with Gasteiger partial charge in [-0.05, 0) is 25.2 Å². The summed E-state index contributed by atoms with van der Waals surface area (Å²) in [6.07, 6.45) is 4.47. The molecule has 1 aliphatic heterocycles. The van der Waals surface area contributed by atoms with Gasteiger partial charge in [-0.3, -0.25) is 4.68 Å². The molecule has 19 heavy (non-hydrogen) atoms. The highest BCUT2D eigenvalue weighted by Crippen LogP contribution is 2.30. The number of aryl methyl sites for hydroxylation is 2. The Balaban J connectivity index is 2.16. The molecule has 1 saturated heterocycles. The standard InChI is InChI=1S/C14H26N4O/c1-4-6-12-13(15)14(17(2)16-12)18-8-5-7-11(9-18)10-19-3/h11H,4-10,15H2,1-3H3. The van der Waals surface area contributed by atoms with Gasteiger partial charge < -0.3 is 15.4 Å². The van der Waals surface area contributed by atoms with Crippen molar-refractivity contribution in [3.8, 4) is 0 Å². The number of hydrogen-bond acceptors (Lipinski definition) is 4. The zero-order valence-electron chi connectivity index (χ0n) is 12.4. The molecule has 2 rings (SSSR count). The van der Waals surface area contributed by atoms with E-state index in [1.165, 1.54) is 12.8 Å². The summed E-state index contributed by atoms with van der Waals surface area (Å²) in [5, 5.41) is 4.56. The van der Waals surface area contributed by atoms with Crippen LogP contribution in [-0.4, -0.2) is 36.6 Å². The first-order chi connectivity index (χ1) is 9.17. The summed E-state index contributed by atoms with van der Waals surface area (Å²) in [6.45, 7) is 5.07. The van der Waals surface area contributed by atoms with Crippen molar-refractivity contribution in [3.05, 3.63) is 5.69 Å². The molecule has 1 fully saturated rings. The van der Waals surface area contributed by atoms with E-state index in [-0.39, 0.29) is 0 Å². The topological polar surface area (TPSA) is 56.3 Å². The molecule has 2 N–H and O–H groups in total. The van der Waals surface area contributed by atoms with Crippen LogP contribution in [0.5, 0.6) is 0 Å². The summed E-state index contributed by atoms with van der Waals surface area (Å²) >= 11 is 0. The smallest absolute Gasteiger partial charge is 0.150 e. The lowest BCUT2D eigenvalue weighted by Crippen LogP contribution is -2.38. The predicted octanol–water partition coefficient (Wildman–Crippen LogP) is 1.82. The third-order valence-corrected chi connectivity index (χ3v) is 3.84. The highest BCUT2D eigenvalue weighted by atomic mass is 16.5. The molecule has 1 aromatic rings. The van der Waals surface area contributed by atoms with Gasteiger partial charge in [0.05, 0.1) is 18.0 Å². The quantitative estimate of drug-likeness (QED) is 0.883. The van der Waals surface area contributed by atoms with Crippen molar-refractivity contribution >= 4 is 11.5 Å². The molecule has 5 heteroatoms. The van der Waals surface area contributed by atoms with Crippen LogP contribution in [0.3, 0.4) is 0 Å². The third-order valence-electron chi connectivity index (χ3n) is 3.84. The molecule has 0 aliphatic carbocycles. The maximum Gasteiger partial charge on any atom is 0.150 e. The number of nitrogens with zero attached hydrogens (tertiary/aromatic N) is 3. The van der Waals surface area contributed by atoms with E-state index in [2.05, 4.69) is 16.9 Å². The van der Waals surface area contributed by atoms with Gasteiger partial charge >= 0.3 is 0 Å². The van der Waals surface area contributed by atoms with E-state index in [1.54, 1.807) is 7.11 Å². The van der Waals surface area contributed by atoms with Crippen molar-refractivity contribution in [3.63, 3.8) is 0 Å². The van der Waals surface area contributed by atoms with Gasteiger partial charge in [0.25, 0.3) is 0 Å². The molecule has 108 valence electrons. The zero-order valence-corrected chi connectivity index (χ0v) is 12.4. The summed E-state index contributed by atoms with van der Waals surface area (Å²) in [5.74, 6) is 1.69. The molecule has 1 aromatic heterocycles. The van der Waals surface area contributed by atoms with E-state index in [0.717, 1.165) is 49.7 Å². The molecule has 0 amide bonds. The van der Waals surface area contributed by atoms with Crippen LogP contribution >= 0.6 is 0 Å². The van der Waals surface area contributed by atoms with Crippen molar-refractivity contribution in [1.29, 1.82) is 0 Å². The number of ether oxygens (including phenoxy) is 1. The lowest BCUT2D eigenvalue weighted by molar-refractivity contribution is 0.143. The van der Waals surface area contributed by atoms with Gasteiger partial charge in [-0.15, -0.1) is 0 Å². The minimum absolute atomic E-state index is 0.600. The average molecular weight is 266 g/mol. The van der Waals surface area contributed by atoms with E-state index >= 15 is 0 Å². The maximum absolute atomic E-state index is 6.28. The Morgan fingerprint density at radius 3 is 2.95 bits per heavy atom. The number of nitrogens with two attached hydrogens (primary N) is 1. The Morgan fingerprint density at radius 2 is 2.26 bits per heavy atom. The van der Waals surface area contributed by atoms with Gasteiger partial charge in [0.15, 0.2) is 0 Å². The molecule has 0 radical (unpaired) electrons. The van der Waals surface area contributed by atoms with Crippen LogP contribution in [0.25, 0.3) is 0 Å². The van der Waals surface area contributed by atoms with Gasteiger partial charge in [-0.1, -0.05) is 13.3 Å². The Labute approximate surface area is 115 Å². The summed E-state index contributed by atoms with van der Waals surface area (Å²) in [7, 11) is 3.77. The lowest BCUT2D eigenvalue weighted by Gasteiger charge is -2.34. The summed E-state index contributed by atoms with van der Waals surface area (Å²) in [6, 6.07) is 0. The molecular weight excluding hydrogens is 240 g/mol. The van der Waals surface area contributed by atoms with Crippen molar-refractivity contribution in [2.24, 2.45) is 13.0 Å². The number of rotatable bonds is 5. The molecular formula is C14H26N4O. The predicted molar refractivity (Wildman–Crippen MR) is 78.4 cm³/mol. The Hall–Kier alpha value is -1.23. The molecule has 1 atom stereocenters. The van der Waals surface area contributed by atoms with Crippen LogP contribution in [-0.2, 0) is 18.2 Å². The highest BCUT2D eigenvalue weighted by molar-refractivity contribution is 5.66. The molecule has 0 bridgehead atoms. The minimum atomic E-state index is 0.600. The second-order valence-corrected chi connectivity index (χ2v) is 5.47. The lowest BCUT2D eigenvalue weighted by atomic mass is 9.99. The van der Waals surface area contributed by atoms with Gasteiger partial charge in [-0.2, -0.15) is 5.10 Å². The summed E-state index contributed by atoms with van der Waals surface area (Å²) in [4.78, 5) is 2.37. The van der Waals surface area contributed by atoms with Crippen LogP contribution in [0, 0.1) is 5.92 Å². The highest BCUT2D eigenvalue weighted by Gasteiger charge is 2.25. The van der Waals surface area contributed by atoms with Gasteiger partial charge in [0.2, 0.25) is 0 Å². The summed E-state index contributed by atoms with van der Waals surface area (Å²) < 4.78 is 7.23. The van der Waals surface area contributed by atoms with Gasteiger partial charge in [0, 0.05) is 27.2 Å². The van der Waals surface area contributed by atoms with Crippen LogP contribution in [0.4, 0.5) is 11.5 Å². The number of anilines is 2. The van der Waals surface area contributed by atoms with Crippen LogP contribution < -0.4 is 10.6 Å². The monoisotopic (exact) mass is 266 g/mol. The SMILES string of the molecule is CCCc1nn(C)c(N2CCCC(COC)C2)c1N. The number of nitrogen functional groups attached to an aromatic ring is 1. The second-order valence-electron chi connectivity index (χ2n) is 5.47. The van der Waals surface area contributed by atoms with Crippen LogP contribution in [0.2, 0.25) is 0 Å². The van der Waals surface area contributed by atoms with Crippen molar-refractivity contribution in [2.45, 2.75) is 32.6 Å². The van der Waals surface area contributed by atoms with Gasteiger partial charge in [0.1, 0.15) is 5.82 Å². The van der Waals surface area contributed by atoms with Crippen molar-refractivity contribution < 1.29 is 4.74 Å². The molecule has 0 spiro atoms. The number of piperidine rings is 1.